The van der Waals surface area contributed by atoms with Gasteiger partial charge in [0, 0.05) is 19.6 Å². The molecule has 2 aromatic rings. The molecule has 0 spiro atoms. The highest BCUT2D eigenvalue weighted by Crippen LogP contribution is 2.21. The minimum absolute atomic E-state index is 0.436. The van der Waals surface area contributed by atoms with Crippen LogP contribution >= 0.6 is 0 Å². The van der Waals surface area contributed by atoms with E-state index in [1.165, 1.54) is 6.42 Å². The lowest BCUT2D eigenvalue weighted by atomic mass is 10.2. The maximum atomic E-state index is 11.5. The van der Waals surface area contributed by atoms with Gasteiger partial charge in [-0.2, -0.15) is 0 Å². The van der Waals surface area contributed by atoms with Gasteiger partial charge in [0.1, 0.15) is 5.52 Å². The monoisotopic (exact) mass is 301 g/mol. The Bertz CT molecular complexity index is 666. The highest BCUT2D eigenvalue weighted by molar-refractivity contribution is 6.04. The number of nitrogens with two attached hydrogens (primary N) is 1. The van der Waals surface area contributed by atoms with Crippen LogP contribution in [-0.2, 0) is 0 Å². The number of aromatic amines is 1. The van der Waals surface area contributed by atoms with Gasteiger partial charge in [-0.3, -0.25) is 4.79 Å². The molecule has 0 radical (unpaired) electrons. The van der Waals surface area contributed by atoms with Crippen LogP contribution in [0.5, 0.6) is 0 Å². The molecule has 1 saturated heterocycles. The van der Waals surface area contributed by atoms with Crippen LogP contribution in [0.15, 0.2) is 18.2 Å². The zero-order valence-corrected chi connectivity index (χ0v) is 13.0. The number of fused-ring (bicyclic) bond motifs is 1. The van der Waals surface area contributed by atoms with Crippen molar-refractivity contribution in [1.82, 2.24) is 14.9 Å². The number of hydrogen-bond acceptors (Lipinski definition) is 4. The van der Waals surface area contributed by atoms with Crippen molar-refractivity contribution >= 4 is 22.9 Å². The van der Waals surface area contributed by atoms with E-state index in [2.05, 4.69) is 26.7 Å². The largest absolute Gasteiger partial charge is 0.366 e. The van der Waals surface area contributed by atoms with Crippen LogP contribution < -0.4 is 10.6 Å². The fraction of sp³-hybridized carbons (Fsp3) is 0.500. The second kappa shape index (κ2) is 6.36. The van der Waals surface area contributed by atoms with E-state index >= 15 is 0 Å². The van der Waals surface area contributed by atoms with Gasteiger partial charge in [0.05, 0.1) is 11.1 Å². The molecule has 1 fully saturated rings. The number of rotatable bonds is 4. The summed E-state index contributed by atoms with van der Waals surface area (Å²) in [6, 6.07) is 5.48. The third kappa shape index (κ3) is 2.92. The van der Waals surface area contributed by atoms with Crippen molar-refractivity contribution in [2.45, 2.75) is 19.8 Å². The van der Waals surface area contributed by atoms with Gasteiger partial charge in [-0.05, 0) is 38.1 Å². The predicted molar refractivity (Wildman–Crippen MR) is 88.2 cm³/mol. The highest BCUT2D eigenvalue weighted by atomic mass is 16.1. The number of primary amides is 1. The molecule has 0 saturated carbocycles. The van der Waals surface area contributed by atoms with Crippen molar-refractivity contribution in [3.8, 4) is 0 Å². The number of hydrogen-bond donors (Lipinski definition) is 2. The molecule has 1 aliphatic heterocycles. The summed E-state index contributed by atoms with van der Waals surface area (Å²) in [7, 11) is 0. The van der Waals surface area contributed by atoms with Gasteiger partial charge in [-0.25, -0.2) is 4.98 Å². The highest BCUT2D eigenvalue weighted by Gasteiger charge is 2.18. The summed E-state index contributed by atoms with van der Waals surface area (Å²) in [5.74, 6) is 0.399. The Balaban J connectivity index is 1.84. The zero-order chi connectivity index (χ0) is 15.5. The maximum absolute atomic E-state index is 11.5. The standard InChI is InChI=1S/C16H23N5O/c1-2-7-20-8-4-9-21(11-10-20)16-18-13-6-3-5-12(15(17)22)14(13)19-16/h3,5-6H,2,4,7-11H2,1H3,(H2,17,22)(H,18,19). The number of nitrogens with zero attached hydrogens (tertiary/aromatic N) is 3. The summed E-state index contributed by atoms with van der Waals surface area (Å²) < 4.78 is 0. The first-order chi connectivity index (χ1) is 10.7. The van der Waals surface area contributed by atoms with Crippen molar-refractivity contribution < 1.29 is 4.79 Å². The van der Waals surface area contributed by atoms with E-state index < -0.39 is 5.91 Å². The van der Waals surface area contributed by atoms with Crippen LogP contribution in [-0.4, -0.2) is 53.5 Å². The molecule has 1 aromatic heterocycles. The summed E-state index contributed by atoms with van der Waals surface area (Å²) in [5, 5.41) is 0. The quantitative estimate of drug-likeness (QED) is 0.899. The number of carbonyl (C=O) groups is 1. The van der Waals surface area contributed by atoms with Gasteiger partial charge in [-0.15, -0.1) is 0 Å². The molecule has 6 nitrogen and oxygen atoms in total. The molecule has 22 heavy (non-hydrogen) atoms. The van der Waals surface area contributed by atoms with Crippen LogP contribution in [0.3, 0.4) is 0 Å². The van der Waals surface area contributed by atoms with E-state index in [9.17, 15) is 4.79 Å². The molecule has 2 heterocycles. The lowest BCUT2D eigenvalue weighted by Crippen LogP contribution is -2.31. The Kier molecular flexibility index (Phi) is 4.29. The molecule has 1 aromatic carbocycles. The van der Waals surface area contributed by atoms with Crippen LogP contribution in [0.25, 0.3) is 11.0 Å². The Hall–Kier alpha value is -2.08. The van der Waals surface area contributed by atoms with Crippen molar-refractivity contribution in [1.29, 1.82) is 0 Å². The SMILES string of the molecule is CCCN1CCCN(c2nc3c(C(N)=O)cccc3[nH]2)CC1. The first-order valence-corrected chi connectivity index (χ1v) is 7.95. The number of nitrogens with one attached hydrogen (secondary N) is 1. The molecule has 0 bridgehead atoms. The number of para-hydroxylation sites is 1. The van der Waals surface area contributed by atoms with Crippen molar-refractivity contribution in [3.05, 3.63) is 23.8 Å². The topological polar surface area (TPSA) is 78.2 Å². The zero-order valence-electron chi connectivity index (χ0n) is 13.0. The van der Waals surface area contributed by atoms with Crippen LogP contribution in [0, 0.1) is 0 Å². The van der Waals surface area contributed by atoms with E-state index in [4.69, 9.17) is 5.73 Å². The summed E-state index contributed by atoms with van der Waals surface area (Å²) >= 11 is 0. The molecule has 0 atom stereocenters. The number of benzene rings is 1. The fourth-order valence-electron chi connectivity index (χ4n) is 3.09. The van der Waals surface area contributed by atoms with Crippen LogP contribution in [0.2, 0.25) is 0 Å². The fourth-order valence-corrected chi connectivity index (χ4v) is 3.09. The number of H-pyrrole nitrogens is 1. The Morgan fingerprint density at radius 3 is 2.95 bits per heavy atom. The molecule has 0 unspecified atom stereocenters. The molecule has 3 N–H and O–H groups in total. The summed E-state index contributed by atoms with van der Waals surface area (Å²) in [5.41, 5.74) is 7.43. The smallest absolute Gasteiger partial charge is 0.250 e. The van der Waals surface area contributed by atoms with Gasteiger partial charge in [0.2, 0.25) is 5.95 Å². The lowest BCUT2D eigenvalue weighted by Gasteiger charge is -2.20. The summed E-state index contributed by atoms with van der Waals surface area (Å²) in [6.07, 6.45) is 2.31. The summed E-state index contributed by atoms with van der Waals surface area (Å²) in [4.78, 5) is 24.2. The molecule has 3 rings (SSSR count). The minimum Gasteiger partial charge on any atom is -0.366 e. The lowest BCUT2D eigenvalue weighted by molar-refractivity contribution is 0.100. The molecule has 1 amide bonds. The Morgan fingerprint density at radius 1 is 1.32 bits per heavy atom. The second-order valence-electron chi connectivity index (χ2n) is 5.81. The van der Waals surface area contributed by atoms with E-state index in [1.807, 2.05) is 12.1 Å². The first kappa shape index (κ1) is 14.8. The van der Waals surface area contributed by atoms with Gasteiger partial charge in [0.15, 0.2) is 0 Å². The van der Waals surface area contributed by atoms with Crippen LogP contribution in [0.1, 0.15) is 30.1 Å². The minimum atomic E-state index is -0.436. The van der Waals surface area contributed by atoms with Gasteiger partial charge in [0.25, 0.3) is 5.91 Å². The number of carbonyl (C=O) groups excluding carboxylic acids is 1. The Morgan fingerprint density at radius 2 is 2.18 bits per heavy atom. The maximum Gasteiger partial charge on any atom is 0.250 e. The molecule has 6 heteroatoms. The number of aromatic nitrogens is 2. The number of imidazole rings is 1. The third-order valence-corrected chi connectivity index (χ3v) is 4.19. The predicted octanol–water partition coefficient (Wildman–Crippen LogP) is 1.58. The average Bonchev–Trinajstić information content (AvgIpc) is 2.80. The van der Waals surface area contributed by atoms with Crippen molar-refractivity contribution in [2.75, 3.05) is 37.6 Å². The second-order valence-corrected chi connectivity index (χ2v) is 5.81. The Labute approximate surface area is 130 Å². The third-order valence-electron chi connectivity index (χ3n) is 4.19. The first-order valence-electron chi connectivity index (χ1n) is 7.95. The van der Waals surface area contributed by atoms with Gasteiger partial charge in [-0.1, -0.05) is 13.0 Å². The molecule has 1 aliphatic rings. The van der Waals surface area contributed by atoms with E-state index in [-0.39, 0.29) is 0 Å². The van der Waals surface area contributed by atoms with E-state index in [1.54, 1.807) is 6.07 Å². The number of amides is 1. The van der Waals surface area contributed by atoms with Crippen molar-refractivity contribution in [2.24, 2.45) is 5.73 Å². The van der Waals surface area contributed by atoms with Gasteiger partial charge >= 0.3 is 0 Å². The molecule has 0 aliphatic carbocycles. The summed E-state index contributed by atoms with van der Waals surface area (Å²) in [6.45, 7) is 7.48. The number of anilines is 1. The van der Waals surface area contributed by atoms with E-state index in [0.29, 0.717) is 11.1 Å². The molecular formula is C16H23N5O. The van der Waals surface area contributed by atoms with Gasteiger partial charge < -0.3 is 20.5 Å². The molecular weight excluding hydrogens is 278 g/mol. The normalized spacial score (nSPS) is 16.9. The molecule has 118 valence electrons. The van der Waals surface area contributed by atoms with Crippen molar-refractivity contribution in [3.63, 3.8) is 0 Å². The van der Waals surface area contributed by atoms with E-state index in [0.717, 1.165) is 50.6 Å². The average molecular weight is 301 g/mol. The van der Waals surface area contributed by atoms with Crippen LogP contribution in [0.4, 0.5) is 5.95 Å².